The molecule has 0 aromatic heterocycles. The molecule has 2 aromatic rings. The molecule has 4 heteroatoms. The van der Waals surface area contributed by atoms with Gasteiger partial charge in [0.25, 0.3) is 0 Å². The molecule has 3 nitrogen and oxygen atoms in total. The van der Waals surface area contributed by atoms with E-state index in [1.54, 1.807) is 7.05 Å². The maximum atomic E-state index is 12.4. The Morgan fingerprint density at radius 1 is 0.952 bits per heavy atom. The van der Waals surface area contributed by atoms with E-state index in [1.807, 2.05) is 62.4 Å². The SMILES string of the molecule is Cc1ccc(CN(C)S(=O)(=O)Cc2ccccc2C)cc1. The molecule has 2 aromatic carbocycles. The van der Waals surface area contributed by atoms with E-state index in [-0.39, 0.29) is 5.75 Å². The first kappa shape index (κ1) is 15.7. The van der Waals surface area contributed by atoms with E-state index in [0.717, 1.165) is 16.7 Å². The summed E-state index contributed by atoms with van der Waals surface area (Å²) in [4.78, 5) is 0. The van der Waals surface area contributed by atoms with E-state index in [2.05, 4.69) is 0 Å². The molecule has 0 aliphatic carbocycles. The van der Waals surface area contributed by atoms with Crippen molar-refractivity contribution >= 4 is 10.0 Å². The van der Waals surface area contributed by atoms with Gasteiger partial charge in [-0.1, -0.05) is 54.1 Å². The molecule has 0 saturated heterocycles. The Balaban J connectivity index is 2.12. The molecule has 0 aliphatic heterocycles. The van der Waals surface area contributed by atoms with Crippen LogP contribution in [0.3, 0.4) is 0 Å². The second-order valence-corrected chi connectivity index (χ2v) is 7.50. The van der Waals surface area contributed by atoms with Crippen molar-refractivity contribution < 1.29 is 8.42 Å². The summed E-state index contributed by atoms with van der Waals surface area (Å²) in [6, 6.07) is 15.5. The third kappa shape index (κ3) is 4.16. The zero-order valence-electron chi connectivity index (χ0n) is 12.7. The van der Waals surface area contributed by atoms with Crippen LogP contribution in [0.25, 0.3) is 0 Å². The highest BCUT2D eigenvalue weighted by Crippen LogP contribution is 2.16. The van der Waals surface area contributed by atoms with Gasteiger partial charge < -0.3 is 0 Å². The van der Waals surface area contributed by atoms with Crippen LogP contribution in [-0.2, 0) is 22.3 Å². The number of nitrogens with zero attached hydrogens (tertiary/aromatic N) is 1. The smallest absolute Gasteiger partial charge is 0.212 e. The summed E-state index contributed by atoms with van der Waals surface area (Å²) in [6.45, 7) is 4.35. The molecule has 0 unspecified atom stereocenters. The summed E-state index contributed by atoms with van der Waals surface area (Å²) in [6.07, 6.45) is 0. The molecule has 0 bridgehead atoms. The number of aryl methyl sites for hydroxylation is 2. The zero-order chi connectivity index (χ0) is 15.5. The predicted molar refractivity (Wildman–Crippen MR) is 86.4 cm³/mol. The van der Waals surface area contributed by atoms with Crippen LogP contribution in [0.5, 0.6) is 0 Å². The standard InChI is InChI=1S/C17H21NO2S/c1-14-8-10-16(11-9-14)12-18(3)21(19,20)13-17-7-5-4-6-15(17)2/h4-11H,12-13H2,1-3H3. The molecule has 21 heavy (non-hydrogen) atoms. The van der Waals surface area contributed by atoms with Crippen LogP contribution in [0.15, 0.2) is 48.5 Å². The summed E-state index contributed by atoms with van der Waals surface area (Å²) in [5.41, 5.74) is 4.03. The maximum Gasteiger partial charge on any atom is 0.218 e. The van der Waals surface area contributed by atoms with Gasteiger partial charge in [0, 0.05) is 13.6 Å². The van der Waals surface area contributed by atoms with Crippen molar-refractivity contribution in [1.29, 1.82) is 0 Å². The van der Waals surface area contributed by atoms with E-state index in [0.29, 0.717) is 6.54 Å². The number of hydrogen-bond acceptors (Lipinski definition) is 2. The van der Waals surface area contributed by atoms with Crippen LogP contribution < -0.4 is 0 Å². The first-order valence-corrected chi connectivity index (χ1v) is 8.53. The minimum absolute atomic E-state index is 0.0437. The molecular weight excluding hydrogens is 282 g/mol. The van der Waals surface area contributed by atoms with Crippen molar-refractivity contribution in [3.05, 3.63) is 70.8 Å². The highest BCUT2D eigenvalue weighted by Gasteiger charge is 2.19. The van der Waals surface area contributed by atoms with Gasteiger partial charge in [-0.25, -0.2) is 12.7 Å². The summed E-state index contributed by atoms with van der Waals surface area (Å²) in [5.74, 6) is 0.0437. The van der Waals surface area contributed by atoms with Crippen LogP contribution in [0.1, 0.15) is 22.3 Å². The van der Waals surface area contributed by atoms with Crippen molar-refractivity contribution in [3.63, 3.8) is 0 Å². The van der Waals surface area contributed by atoms with E-state index in [1.165, 1.54) is 9.87 Å². The normalized spacial score (nSPS) is 11.8. The lowest BCUT2D eigenvalue weighted by molar-refractivity contribution is 0.466. The van der Waals surface area contributed by atoms with Crippen LogP contribution in [0, 0.1) is 13.8 Å². The van der Waals surface area contributed by atoms with E-state index >= 15 is 0 Å². The number of sulfonamides is 1. The van der Waals surface area contributed by atoms with Crippen LogP contribution in [0.2, 0.25) is 0 Å². The molecule has 2 rings (SSSR count). The van der Waals surface area contributed by atoms with Crippen LogP contribution in [0.4, 0.5) is 0 Å². The summed E-state index contributed by atoms with van der Waals surface area (Å²) in [5, 5.41) is 0. The number of hydrogen-bond donors (Lipinski definition) is 0. The van der Waals surface area contributed by atoms with Gasteiger partial charge in [-0.3, -0.25) is 0 Å². The molecule has 0 fully saturated rings. The highest BCUT2D eigenvalue weighted by atomic mass is 32.2. The van der Waals surface area contributed by atoms with E-state index in [4.69, 9.17) is 0 Å². The predicted octanol–water partition coefficient (Wildman–Crippen LogP) is 3.27. The average molecular weight is 303 g/mol. The van der Waals surface area contributed by atoms with Gasteiger partial charge in [0.15, 0.2) is 0 Å². The topological polar surface area (TPSA) is 37.4 Å². The Morgan fingerprint density at radius 3 is 2.19 bits per heavy atom. The van der Waals surface area contributed by atoms with Gasteiger partial charge in [-0.05, 0) is 30.5 Å². The van der Waals surface area contributed by atoms with Crippen molar-refractivity contribution in [2.45, 2.75) is 26.1 Å². The summed E-state index contributed by atoms with van der Waals surface area (Å²) < 4.78 is 26.3. The second kappa shape index (κ2) is 6.41. The molecule has 112 valence electrons. The first-order chi connectivity index (χ1) is 9.88. The summed E-state index contributed by atoms with van der Waals surface area (Å²) >= 11 is 0. The Kier molecular flexibility index (Phi) is 4.80. The molecule has 0 spiro atoms. The van der Waals surface area contributed by atoms with Crippen molar-refractivity contribution in [3.8, 4) is 0 Å². The number of rotatable bonds is 5. The highest BCUT2D eigenvalue weighted by molar-refractivity contribution is 7.88. The van der Waals surface area contributed by atoms with Gasteiger partial charge >= 0.3 is 0 Å². The Hall–Kier alpha value is -1.65. The lowest BCUT2D eigenvalue weighted by Crippen LogP contribution is -2.28. The summed E-state index contributed by atoms with van der Waals surface area (Å²) in [7, 11) is -1.68. The molecule has 0 aliphatic rings. The van der Waals surface area contributed by atoms with Crippen molar-refractivity contribution in [1.82, 2.24) is 4.31 Å². The monoisotopic (exact) mass is 303 g/mol. The van der Waals surface area contributed by atoms with Gasteiger partial charge in [0.1, 0.15) is 0 Å². The fraction of sp³-hybridized carbons (Fsp3) is 0.294. The van der Waals surface area contributed by atoms with Gasteiger partial charge in [-0.15, -0.1) is 0 Å². The van der Waals surface area contributed by atoms with E-state index in [9.17, 15) is 8.42 Å². The third-order valence-electron chi connectivity index (χ3n) is 3.60. The first-order valence-electron chi connectivity index (χ1n) is 6.92. The Labute approximate surface area is 127 Å². The zero-order valence-corrected chi connectivity index (χ0v) is 13.5. The largest absolute Gasteiger partial charge is 0.218 e. The van der Waals surface area contributed by atoms with Crippen LogP contribution in [-0.4, -0.2) is 19.8 Å². The molecule has 0 radical (unpaired) electrons. The molecule has 0 N–H and O–H groups in total. The Bertz CT molecular complexity index is 706. The minimum Gasteiger partial charge on any atom is -0.212 e. The lowest BCUT2D eigenvalue weighted by Gasteiger charge is -2.18. The maximum absolute atomic E-state index is 12.4. The average Bonchev–Trinajstić information content (AvgIpc) is 2.43. The van der Waals surface area contributed by atoms with Gasteiger partial charge in [0.2, 0.25) is 10.0 Å². The number of benzene rings is 2. The van der Waals surface area contributed by atoms with Crippen molar-refractivity contribution in [2.75, 3.05) is 7.05 Å². The van der Waals surface area contributed by atoms with Crippen LogP contribution >= 0.6 is 0 Å². The molecule has 0 saturated carbocycles. The minimum atomic E-state index is -3.31. The van der Waals surface area contributed by atoms with Crippen molar-refractivity contribution in [2.24, 2.45) is 0 Å². The molecule has 0 amide bonds. The fourth-order valence-corrected chi connectivity index (χ4v) is 3.41. The third-order valence-corrected chi connectivity index (χ3v) is 5.35. The Morgan fingerprint density at radius 2 is 1.57 bits per heavy atom. The molecule has 0 atom stereocenters. The molecular formula is C17H21NO2S. The molecule has 0 heterocycles. The quantitative estimate of drug-likeness (QED) is 0.850. The second-order valence-electron chi connectivity index (χ2n) is 5.42. The lowest BCUT2D eigenvalue weighted by atomic mass is 10.1. The van der Waals surface area contributed by atoms with E-state index < -0.39 is 10.0 Å². The van der Waals surface area contributed by atoms with Gasteiger partial charge in [-0.2, -0.15) is 0 Å². The van der Waals surface area contributed by atoms with Gasteiger partial charge in [0.05, 0.1) is 5.75 Å². The fourth-order valence-electron chi connectivity index (χ4n) is 2.13.